The molecule has 120 valence electrons. The largest absolute Gasteiger partial charge is 0.368 e. The molecule has 3 N–H and O–H groups in total. The summed E-state index contributed by atoms with van der Waals surface area (Å²) in [5, 5.41) is 2.54. The first-order valence-corrected chi connectivity index (χ1v) is 8.63. The van der Waals surface area contributed by atoms with E-state index in [1.807, 2.05) is 0 Å². The minimum Gasteiger partial charge on any atom is -0.368 e. The summed E-state index contributed by atoms with van der Waals surface area (Å²) in [5.41, 5.74) is 6.15. The van der Waals surface area contributed by atoms with Gasteiger partial charge in [0, 0.05) is 11.8 Å². The molecule has 0 radical (unpaired) electrons. The zero-order chi connectivity index (χ0) is 17.0. The van der Waals surface area contributed by atoms with Gasteiger partial charge in [0.15, 0.2) is 9.84 Å². The zero-order valence-electron chi connectivity index (χ0n) is 12.4. The molecule has 0 heterocycles. The second-order valence-corrected chi connectivity index (χ2v) is 7.03. The molecule has 0 aliphatic carbocycles. The van der Waals surface area contributed by atoms with Gasteiger partial charge < -0.3 is 11.1 Å². The molecule has 0 bridgehead atoms. The number of carbonyl (C=O) groups excluding carboxylic acids is 2. The molecule has 0 saturated heterocycles. The number of rotatable bonds is 5. The average molecular weight is 332 g/mol. The van der Waals surface area contributed by atoms with E-state index in [-0.39, 0.29) is 10.5 Å². The van der Waals surface area contributed by atoms with Crippen molar-refractivity contribution in [3.05, 3.63) is 65.7 Å². The van der Waals surface area contributed by atoms with E-state index < -0.39 is 27.7 Å². The topological polar surface area (TPSA) is 106 Å². The van der Waals surface area contributed by atoms with E-state index in [1.54, 1.807) is 30.3 Å². The summed E-state index contributed by atoms with van der Waals surface area (Å²) in [5.74, 6) is -1.20. The zero-order valence-corrected chi connectivity index (χ0v) is 13.2. The highest BCUT2D eigenvalue weighted by molar-refractivity contribution is 7.90. The fourth-order valence-electron chi connectivity index (χ4n) is 2.03. The van der Waals surface area contributed by atoms with Crippen LogP contribution in [-0.4, -0.2) is 26.5 Å². The molecule has 0 aliphatic heterocycles. The molecule has 0 saturated carbocycles. The van der Waals surface area contributed by atoms with Crippen LogP contribution >= 0.6 is 0 Å². The number of nitrogens with one attached hydrogen (secondary N) is 1. The highest BCUT2D eigenvalue weighted by Crippen LogP contribution is 2.14. The van der Waals surface area contributed by atoms with Crippen molar-refractivity contribution in [1.82, 2.24) is 5.32 Å². The van der Waals surface area contributed by atoms with Crippen molar-refractivity contribution in [2.24, 2.45) is 5.73 Å². The summed E-state index contributed by atoms with van der Waals surface area (Å²) in [6, 6.07) is 13.1. The van der Waals surface area contributed by atoms with Crippen LogP contribution in [0.25, 0.3) is 0 Å². The van der Waals surface area contributed by atoms with E-state index in [2.05, 4.69) is 5.32 Å². The number of amides is 2. The second-order valence-electron chi connectivity index (χ2n) is 5.02. The quantitative estimate of drug-likeness (QED) is 0.853. The monoisotopic (exact) mass is 332 g/mol. The van der Waals surface area contributed by atoms with E-state index in [9.17, 15) is 18.0 Å². The van der Waals surface area contributed by atoms with Gasteiger partial charge in [0.1, 0.15) is 6.04 Å². The third kappa shape index (κ3) is 4.17. The third-order valence-electron chi connectivity index (χ3n) is 3.24. The fourth-order valence-corrected chi connectivity index (χ4v) is 2.66. The molecule has 2 rings (SSSR count). The summed E-state index contributed by atoms with van der Waals surface area (Å²) in [6.07, 6.45) is 1.08. The summed E-state index contributed by atoms with van der Waals surface area (Å²) >= 11 is 0. The minimum absolute atomic E-state index is 0.114. The molecule has 1 unspecified atom stereocenters. The first-order chi connectivity index (χ1) is 10.8. The van der Waals surface area contributed by atoms with E-state index in [0.29, 0.717) is 5.56 Å². The Hall–Kier alpha value is -2.67. The van der Waals surface area contributed by atoms with Crippen molar-refractivity contribution in [2.45, 2.75) is 10.9 Å². The van der Waals surface area contributed by atoms with Crippen molar-refractivity contribution in [3.63, 3.8) is 0 Å². The Kier molecular flexibility index (Phi) is 4.80. The van der Waals surface area contributed by atoms with E-state index in [4.69, 9.17) is 5.73 Å². The van der Waals surface area contributed by atoms with Gasteiger partial charge in [0.25, 0.3) is 5.91 Å². The first-order valence-electron chi connectivity index (χ1n) is 6.74. The fraction of sp³-hybridized carbons (Fsp3) is 0.125. The number of hydrogen-bond donors (Lipinski definition) is 2. The Balaban J connectivity index is 2.21. The molecule has 0 aromatic heterocycles. The van der Waals surface area contributed by atoms with Crippen LogP contribution in [0.1, 0.15) is 22.0 Å². The standard InChI is InChI=1S/C16H16N2O4S/c1-23(21,22)13-9-7-12(8-10-13)16(20)18-14(15(17)19)11-5-3-2-4-6-11/h2-10,14H,1H3,(H2,17,19)(H,18,20). The molecule has 7 heteroatoms. The van der Waals surface area contributed by atoms with Gasteiger partial charge in [-0.15, -0.1) is 0 Å². The maximum Gasteiger partial charge on any atom is 0.252 e. The predicted molar refractivity (Wildman–Crippen MR) is 85.4 cm³/mol. The molecule has 2 aromatic carbocycles. The molecule has 2 aromatic rings. The molecule has 0 fully saturated rings. The minimum atomic E-state index is -3.33. The number of nitrogens with two attached hydrogens (primary N) is 1. The number of benzene rings is 2. The van der Waals surface area contributed by atoms with Crippen LogP contribution in [-0.2, 0) is 14.6 Å². The Morgan fingerprint density at radius 1 is 1.00 bits per heavy atom. The summed E-state index contributed by atoms with van der Waals surface area (Å²) < 4.78 is 22.8. The molecule has 6 nitrogen and oxygen atoms in total. The Morgan fingerprint density at radius 3 is 2.04 bits per heavy atom. The van der Waals surface area contributed by atoms with Crippen LogP contribution in [0.2, 0.25) is 0 Å². The van der Waals surface area contributed by atoms with Crippen LogP contribution in [0.4, 0.5) is 0 Å². The Bertz CT molecular complexity index is 815. The highest BCUT2D eigenvalue weighted by atomic mass is 32.2. The van der Waals surface area contributed by atoms with Crippen molar-refractivity contribution in [1.29, 1.82) is 0 Å². The van der Waals surface area contributed by atoms with Gasteiger partial charge in [-0.2, -0.15) is 0 Å². The molecular weight excluding hydrogens is 316 g/mol. The third-order valence-corrected chi connectivity index (χ3v) is 4.37. The molecule has 23 heavy (non-hydrogen) atoms. The maximum atomic E-state index is 12.2. The SMILES string of the molecule is CS(=O)(=O)c1ccc(C(=O)NC(C(N)=O)c2ccccc2)cc1. The molecule has 0 aliphatic rings. The van der Waals surface area contributed by atoms with Gasteiger partial charge >= 0.3 is 0 Å². The Morgan fingerprint density at radius 2 is 1.57 bits per heavy atom. The number of hydrogen-bond acceptors (Lipinski definition) is 4. The lowest BCUT2D eigenvalue weighted by Gasteiger charge is -2.16. The predicted octanol–water partition coefficient (Wildman–Crippen LogP) is 1.05. The van der Waals surface area contributed by atoms with Gasteiger partial charge in [-0.05, 0) is 29.8 Å². The maximum absolute atomic E-state index is 12.2. The van der Waals surface area contributed by atoms with E-state index >= 15 is 0 Å². The highest BCUT2D eigenvalue weighted by Gasteiger charge is 2.21. The lowest BCUT2D eigenvalue weighted by atomic mass is 10.1. The van der Waals surface area contributed by atoms with Crippen molar-refractivity contribution >= 4 is 21.7 Å². The number of primary amides is 1. The molecule has 1 atom stereocenters. The summed E-state index contributed by atoms with van der Waals surface area (Å²) in [6.45, 7) is 0. The summed E-state index contributed by atoms with van der Waals surface area (Å²) in [7, 11) is -3.33. The van der Waals surface area contributed by atoms with Crippen LogP contribution in [0.15, 0.2) is 59.5 Å². The van der Waals surface area contributed by atoms with Crippen molar-refractivity contribution < 1.29 is 18.0 Å². The van der Waals surface area contributed by atoms with E-state index in [0.717, 1.165) is 6.26 Å². The lowest BCUT2D eigenvalue weighted by molar-refractivity contribution is -0.120. The van der Waals surface area contributed by atoms with Gasteiger partial charge in [0.2, 0.25) is 5.91 Å². The van der Waals surface area contributed by atoms with Gasteiger partial charge in [0.05, 0.1) is 4.90 Å². The first kappa shape index (κ1) is 16.7. The van der Waals surface area contributed by atoms with E-state index in [1.165, 1.54) is 24.3 Å². The molecule has 0 spiro atoms. The lowest BCUT2D eigenvalue weighted by Crippen LogP contribution is -2.37. The molecular formula is C16H16N2O4S. The van der Waals surface area contributed by atoms with Gasteiger partial charge in [-0.1, -0.05) is 30.3 Å². The van der Waals surface area contributed by atoms with Crippen molar-refractivity contribution in [2.75, 3.05) is 6.26 Å². The van der Waals surface area contributed by atoms with Crippen molar-refractivity contribution in [3.8, 4) is 0 Å². The van der Waals surface area contributed by atoms with Gasteiger partial charge in [-0.3, -0.25) is 9.59 Å². The van der Waals surface area contributed by atoms with Crippen LogP contribution in [0, 0.1) is 0 Å². The Labute approximate surface area is 134 Å². The number of carbonyl (C=O) groups is 2. The van der Waals surface area contributed by atoms with Crippen LogP contribution in [0.3, 0.4) is 0 Å². The smallest absolute Gasteiger partial charge is 0.252 e. The second kappa shape index (κ2) is 6.62. The normalized spacial score (nSPS) is 12.4. The summed E-state index contributed by atoms with van der Waals surface area (Å²) in [4.78, 5) is 23.9. The van der Waals surface area contributed by atoms with Crippen LogP contribution < -0.4 is 11.1 Å². The average Bonchev–Trinajstić information content (AvgIpc) is 2.52. The molecule has 2 amide bonds. The number of sulfone groups is 1. The van der Waals surface area contributed by atoms with Gasteiger partial charge in [-0.25, -0.2) is 8.42 Å². The van der Waals surface area contributed by atoms with Crippen LogP contribution in [0.5, 0.6) is 0 Å².